The molecule has 0 spiro atoms. The van der Waals surface area contributed by atoms with E-state index in [0.29, 0.717) is 17.9 Å². The summed E-state index contributed by atoms with van der Waals surface area (Å²) in [7, 11) is -3.67. The van der Waals surface area contributed by atoms with Gasteiger partial charge in [0, 0.05) is 0 Å². The summed E-state index contributed by atoms with van der Waals surface area (Å²) in [6.45, 7) is 8.04. The number of aromatic nitrogens is 2. The zero-order valence-corrected chi connectivity index (χ0v) is 16.3. The third kappa shape index (κ3) is 3.65. The summed E-state index contributed by atoms with van der Waals surface area (Å²) in [4.78, 5) is 0.290. The second-order valence-corrected chi connectivity index (χ2v) is 8.21. The molecule has 0 aliphatic carbocycles. The summed E-state index contributed by atoms with van der Waals surface area (Å²) >= 11 is 0. The van der Waals surface area contributed by atoms with Crippen molar-refractivity contribution in [2.24, 2.45) is 0 Å². The summed E-state index contributed by atoms with van der Waals surface area (Å²) in [5.74, 6) is 0. The monoisotopic (exact) mass is 369 g/mol. The standard InChI is InChI=1S/C20H23N3O2S/c1-14-10-11-19(15(2)12-14)26(24,25)22-20-16(3)21-23(17(20)4)13-18-8-6-5-7-9-18/h5-12,22H,13H2,1-4H3. The first-order valence-electron chi connectivity index (χ1n) is 8.46. The lowest BCUT2D eigenvalue weighted by molar-refractivity contribution is 0.600. The highest BCUT2D eigenvalue weighted by Gasteiger charge is 2.21. The van der Waals surface area contributed by atoms with Crippen molar-refractivity contribution >= 4 is 15.7 Å². The summed E-state index contributed by atoms with van der Waals surface area (Å²) in [6.07, 6.45) is 0. The molecule has 3 rings (SSSR count). The zero-order chi connectivity index (χ0) is 18.9. The molecule has 2 aromatic carbocycles. The molecule has 1 aromatic heterocycles. The molecule has 0 bridgehead atoms. The molecule has 6 heteroatoms. The normalized spacial score (nSPS) is 11.5. The van der Waals surface area contributed by atoms with Crippen LogP contribution in [0.3, 0.4) is 0 Å². The molecule has 0 saturated carbocycles. The van der Waals surface area contributed by atoms with Crippen molar-refractivity contribution in [3.63, 3.8) is 0 Å². The summed E-state index contributed by atoms with van der Waals surface area (Å²) in [5, 5.41) is 4.51. The van der Waals surface area contributed by atoms with Crippen LogP contribution < -0.4 is 4.72 Å². The third-order valence-corrected chi connectivity index (χ3v) is 5.92. The Morgan fingerprint density at radius 2 is 1.69 bits per heavy atom. The van der Waals surface area contributed by atoms with E-state index in [4.69, 9.17) is 0 Å². The predicted octanol–water partition coefficient (Wildman–Crippen LogP) is 3.97. The lowest BCUT2D eigenvalue weighted by Crippen LogP contribution is -2.15. The minimum Gasteiger partial charge on any atom is -0.276 e. The van der Waals surface area contributed by atoms with Crippen LogP contribution in [-0.4, -0.2) is 18.2 Å². The highest BCUT2D eigenvalue weighted by molar-refractivity contribution is 7.92. The molecule has 0 amide bonds. The molecule has 0 radical (unpaired) electrons. The van der Waals surface area contributed by atoms with E-state index in [9.17, 15) is 8.42 Å². The van der Waals surface area contributed by atoms with E-state index in [1.165, 1.54) is 0 Å². The molecule has 0 fully saturated rings. The van der Waals surface area contributed by atoms with Crippen molar-refractivity contribution in [2.45, 2.75) is 39.1 Å². The molecule has 5 nitrogen and oxygen atoms in total. The van der Waals surface area contributed by atoms with Crippen molar-refractivity contribution < 1.29 is 8.42 Å². The van der Waals surface area contributed by atoms with Gasteiger partial charge in [0.05, 0.1) is 28.5 Å². The Labute approximate surface area is 154 Å². The van der Waals surface area contributed by atoms with Gasteiger partial charge in [-0.25, -0.2) is 8.42 Å². The summed E-state index contributed by atoms with van der Waals surface area (Å²) in [6, 6.07) is 15.3. The first kappa shape index (κ1) is 18.2. The number of anilines is 1. The zero-order valence-electron chi connectivity index (χ0n) is 15.4. The highest BCUT2D eigenvalue weighted by atomic mass is 32.2. The van der Waals surface area contributed by atoms with Crippen LogP contribution in [0.5, 0.6) is 0 Å². The minimum absolute atomic E-state index is 0.290. The maximum Gasteiger partial charge on any atom is 0.262 e. The Bertz CT molecular complexity index is 1040. The lowest BCUT2D eigenvalue weighted by Gasteiger charge is -2.11. The fourth-order valence-electron chi connectivity index (χ4n) is 3.05. The van der Waals surface area contributed by atoms with Gasteiger partial charge in [0.15, 0.2) is 0 Å². The number of nitrogens with zero attached hydrogens (tertiary/aromatic N) is 2. The Morgan fingerprint density at radius 3 is 2.35 bits per heavy atom. The second-order valence-electron chi connectivity index (χ2n) is 6.56. The van der Waals surface area contributed by atoms with Crippen molar-refractivity contribution in [2.75, 3.05) is 4.72 Å². The van der Waals surface area contributed by atoms with Crippen LogP contribution >= 0.6 is 0 Å². The molecule has 136 valence electrons. The molecule has 3 aromatic rings. The van der Waals surface area contributed by atoms with E-state index in [1.54, 1.807) is 19.1 Å². The van der Waals surface area contributed by atoms with Gasteiger partial charge in [-0.05, 0) is 44.9 Å². The smallest absolute Gasteiger partial charge is 0.262 e. The second kappa shape index (κ2) is 6.96. The maximum atomic E-state index is 12.9. The molecule has 0 unspecified atom stereocenters. The number of nitrogens with one attached hydrogen (secondary N) is 1. The average molecular weight is 369 g/mol. The van der Waals surface area contributed by atoms with Crippen LogP contribution in [0.2, 0.25) is 0 Å². The molecule has 26 heavy (non-hydrogen) atoms. The van der Waals surface area contributed by atoms with Crippen molar-refractivity contribution in [3.05, 3.63) is 76.6 Å². The average Bonchev–Trinajstić information content (AvgIpc) is 2.82. The fraction of sp³-hybridized carbons (Fsp3) is 0.250. The first-order valence-corrected chi connectivity index (χ1v) is 9.94. The Morgan fingerprint density at radius 1 is 1.00 bits per heavy atom. The van der Waals surface area contributed by atoms with Gasteiger partial charge in [-0.2, -0.15) is 5.10 Å². The Hall–Kier alpha value is -2.60. The highest BCUT2D eigenvalue weighted by Crippen LogP contribution is 2.25. The Balaban J connectivity index is 1.92. The van der Waals surface area contributed by atoms with Gasteiger partial charge in [-0.15, -0.1) is 0 Å². The van der Waals surface area contributed by atoms with Crippen LogP contribution in [-0.2, 0) is 16.6 Å². The number of hydrogen-bond donors (Lipinski definition) is 1. The van der Waals surface area contributed by atoms with E-state index >= 15 is 0 Å². The Kier molecular flexibility index (Phi) is 4.87. The summed E-state index contributed by atoms with van der Waals surface area (Å²) < 4.78 is 30.3. The lowest BCUT2D eigenvalue weighted by atomic mass is 10.2. The van der Waals surface area contributed by atoms with Gasteiger partial charge in [-0.1, -0.05) is 48.0 Å². The molecule has 1 heterocycles. The van der Waals surface area contributed by atoms with Gasteiger partial charge in [0.1, 0.15) is 0 Å². The SMILES string of the molecule is Cc1ccc(S(=O)(=O)Nc2c(C)nn(Cc3ccccc3)c2C)c(C)c1. The van der Waals surface area contributed by atoms with Gasteiger partial charge in [-0.3, -0.25) is 9.40 Å². The molecule has 0 aliphatic heterocycles. The number of aryl methyl sites for hydroxylation is 3. The minimum atomic E-state index is -3.67. The van der Waals surface area contributed by atoms with E-state index < -0.39 is 10.0 Å². The van der Waals surface area contributed by atoms with E-state index in [2.05, 4.69) is 9.82 Å². The largest absolute Gasteiger partial charge is 0.276 e. The van der Waals surface area contributed by atoms with Gasteiger partial charge in [0.2, 0.25) is 0 Å². The molecule has 1 N–H and O–H groups in total. The summed E-state index contributed by atoms with van der Waals surface area (Å²) in [5.41, 5.74) is 4.86. The number of hydrogen-bond acceptors (Lipinski definition) is 3. The predicted molar refractivity (Wildman–Crippen MR) is 104 cm³/mol. The number of sulfonamides is 1. The van der Waals surface area contributed by atoms with Crippen LogP contribution in [0.1, 0.15) is 28.1 Å². The number of benzene rings is 2. The molecule has 0 aliphatic rings. The fourth-order valence-corrected chi connectivity index (χ4v) is 4.45. The maximum absolute atomic E-state index is 12.9. The van der Waals surface area contributed by atoms with E-state index in [-0.39, 0.29) is 4.90 Å². The molecular weight excluding hydrogens is 346 g/mol. The van der Waals surface area contributed by atoms with E-state index in [1.807, 2.05) is 61.9 Å². The van der Waals surface area contributed by atoms with Gasteiger partial charge < -0.3 is 0 Å². The molecular formula is C20H23N3O2S. The van der Waals surface area contributed by atoms with Crippen LogP contribution in [0.25, 0.3) is 0 Å². The third-order valence-electron chi connectivity index (χ3n) is 4.41. The van der Waals surface area contributed by atoms with Crippen LogP contribution in [0.15, 0.2) is 53.4 Å². The van der Waals surface area contributed by atoms with Crippen LogP contribution in [0, 0.1) is 27.7 Å². The topological polar surface area (TPSA) is 64.0 Å². The van der Waals surface area contributed by atoms with Crippen LogP contribution in [0.4, 0.5) is 5.69 Å². The van der Waals surface area contributed by atoms with Gasteiger partial charge in [0.25, 0.3) is 10.0 Å². The molecule has 0 atom stereocenters. The van der Waals surface area contributed by atoms with Gasteiger partial charge >= 0.3 is 0 Å². The number of rotatable bonds is 5. The first-order chi connectivity index (χ1) is 12.3. The van der Waals surface area contributed by atoms with Crippen molar-refractivity contribution in [1.82, 2.24) is 9.78 Å². The van der Waals surface area contributed by atoms with Crippen molar-refractivity contribution in [1.29, 1.82) is 0 Å². The molecule has 0 saturated heterocycles. The van der Waals surface area contributed by atoms with E-state index in [0.717, 1.165) is 22.4 Å². The van der Waals surface area contributed by atoms with Crippen molar-refractivity contribution in [3.8, 4) is 0 Å². The quantitative estimate of drug-likeness (QED) is 0.740.